The quantitative estimate of drug-likeness (QED) is 0.781. The number of benzene rings is 1. The zero-order valence-electron chi connectivity index (χ0n) is 13.4. The molecule has 7 heteroatoms. The van der Waals surface area contributed by atoms with Gasteiger partial charge in [0.25, 0.3) is 0 Å². The van der Waals surface area contributed by atoms with Crippen LogP contribution in [0.15, 0.2) is 24.3 Å². The molecule has 1 aliphatic rings. The van der Waals surface area contributed by atoms with Gasteiger partial charge >= 0.3 is 0 Å². The number of carbonyl (C=O) groups is 1. The number of aromatic nitrogens is 1. The number of nitrogens with two attached hydrogens (primary N) is 1. The van der Waals surface area contributed by atoms with E-state index in [0.717, 1.165) is 22.7 Å². The van der Waals surface area contributed by atoms with Crippen molar-refractivity contribution in [3.63, 3.8) is 0 Å². The molecule has 1 heterocycles. The smallest absolute Gasteiger partial charge is 0.230 e. The van der Waals surface area contributed by atoms with E-state index in [4.69, 9.17) is 17.3 Å². The molecule has 1 atom stereocenters. The number of nitrogens with zero attached hydrogens (tertiary/aromatic N) is 1. The topological polar surface area (TPSA) is 68.0 Å². The largest absolute Gasteiger partial charge is 0.330 e. The van der Waals surface area contributed by atoms with Gasteiger partial charge in [-0.2, -0.15) is 0 Å². The summed E-state index contributed by atoms with van der Waals surface area (Å²) in [6.07, 6.45) is 3.10. The highest BCUT2D eigenvalue weighted by Gasteiger charge is 2.30. The fourth-order valence-electron chi connectivity index (χ4n) is 2.37. The van der Waals surface area contributed by atoms with Gasteiger partial charge in [-0.3, -0.25) is 4.79 Å². The molecule has 0 radical (unpaired) electrons. The van der Waals surface area contributed by atoms with Crippen molar-refractivity contribution in [3.8, 4) is 0 Å². The van der Waals surface area contributed by atoms with Gasteiger partial charge in [0.1, 0.15) is 0 Å². The Hall–Kier alpha value is -1.14. The lowest BCUT2D eigenvalue weighted by molar-refractivity contribution is -0.119. The summed E-state index contributed by atoms with van der Waals surface area (Å²) in [5.41, 5.74) is 7.75. The number of nitrogens with one attached hydrogen (secondary N) is 1. The molecule has 1 unspecified atom stereocenters. The van der Waals surface area contributed by atoms with E-state index in [1.807, 2.05) is 31.2 Å². The van der Waals surface area contributed by atoms with Gasteiger partial charge in [0, 0.05) is 34.7 Å². The highest BCUT2D eigenvalue weighted by atomic mass is 35.5. The van der Waals surface area contributed by atoms with Crippen molar-refractivity contribution in [2.75, 3.05) is 11.9 Å². The van der Waals surface area contributed by atoms with Gasteiger partial charge in [0.05, 0.1) is 5.69 Å². The molecule has 1 aromatic carbocycles. The van der Waals surface area contributed by atoms with Gasteiger partial charge in [-0.05, 0) is 24.5 Å². The van der Waals surface area contributed by atoms with Crippen molar-refractivity contribution >= 4 is 46.4 Å². The lowest BCUT2D eigenvalue weighted by Gasteiger charge is -2.06. The number of anilines is 1. The lowest BCUT2D eigenvalue weighted by atomic mass is 10.1. The van der Waals surface area contributed by atoms with Crippen LogP contribution in [-0.4, -0.2) is 17.4 Å². The van der Waals surface area contributed by atoms with Crippen molar-refractivity contribution in [3.05, 3.63) is 45.4 Å². The van der Waals surface area contributed by atoms with E-state index in [9.17, 15) is 4.79 Å². The number of carbonyl (C=O) groups excluding carboxylic acids is 1. The van der Waals surface area contributed by atoms with Crippen LogP contribution in [0.3, 0.4) is 0 Å². The van der Waals surface area contributed by atoms with Crippen LogP contribution in [0.25, 0.3) is 0 Å². The molecule has 1 amide bonds. The molecule has 3 rings (SSSR count). The number of hydrogen-bond donors (Lipinski definition) is 2. The first-order valence-electron chi connectivity index (χ1n) is 7.82. The maximum atomic E-state index is 12.0. The first-order chi connectivity index (χ1) is 11.1. The molecule has 0 saturated heterocycles. The third-order valence-corrected chi connectivity index (χ3v) is 5.39. The molecule has 0 bridgehead atoms. The van der Waals surface area contributed by atoms with Crippen LogP contribution in [-0.2, 0) is 11.2 Å². The van der Waals surface area contributed by atoms with E-state index < -0.39 is 0 Å². The summed E-state index contributed by atoms with van der Waals surface area (Å²) >= 11 is 7.82. The average Bonchev–Trinajstić information content (AvgIpc) is 3.31. The third-order valence-electron chi connectivity index (χ3n) is 4.03. The standard InChI is InChI=1S/C17H20ClN3OS.ClH/c1-10(9-19)16(22)21-17-20-15(11-6-7-11)14(23-17)8-12-4-2-3-5-13(12)18;/h2-5,10-11H,6-9,19H2,1H3,(H,20,21,22);1H. The molecule has 0 spiro atoms. The Balaban J connectivity index is 0.00000208. The van der Waals surface area contributed by atoms with Crippen LogP contribution in [0.5, 0.6) is 0 Å². The second-order valence-electron chi connectivity index (χ2n) is 6.00. The van der Waals surface area contributed by atoms with Crippen molar-refractivity contribution in [1.82, 2.24) is 4.98 Å². The minimum atomic E-state index is -0.213. The first-order valence-corrected chi connectivity index (χ1v) is 9.02. The summed E-state index contributed by atoms with van der Waals surface area (Å²) in [4.78, 5) is 17.9. The molecular weight excluding hydrogens is 365 g/mol. The second-order valence-corrected chi connectivity index (χ2v) is 7.49. The van der Waals surface area contributed by atoms with E-state index in [1.165, 1.54) is 17.7 Å². The monoisotopic (exact) mass is 385 g/mol. The van der Waals surface area contributed by atoms with Crippen LogP contribution < -0.4 is 11.1 Å². The van der Waals surface area contributed by atoms with Crippen molar-refractivity contribution in [2.45, 2.75) is 32.1 Å². The van der Waals surface area contributed by atoms with Crippen LogP contribution >= 0.6 is 35.3 Å². The summed E-state index contributed by atoms with van der Waals surface area (Å²) in [7, 11) is 0. The van der Waals surface area contributed by atoms with Crippen molar-refractivity contribution in [1.29, 1.82) is 0 Å². The molecule has 130 valence electrons. The van der Waals surface area contributed by atoms with Gasteiger partial charge in [-0.15, -0.1) is 23.7 Å². The summed E-state index contributed by atoms with van der Waals surface area (Å²) in [5.74, 6) is 0.240. The highest BCUT2D eigenvalue weighted by Crippen LogP contribution is 2.44. The van der Waals surface area contributed by atoms with Gasteiger partial charge in [-0.1, -0.05) is 36.7 Å². The fourth-order valence-corrected chi connectivity index (χ4v) is 3.65. The second kappa shape index (κ2) is 8.30. The van der Waals surface area contributed by atoms with E-state index in [2.05, 4.69) is 10.3 Å². The van der Waals surface area contributed by atoms with E-state index in [1.54, 1.807) is 11.3 Å². The Morgan fingerprint density at radius 1 is 1.46 bits per heavy atom. The molecule has 1 fully saturated rings. The molecular formula is C17H21Cl2N3OS. The normalized spacial score (nSPS) is 14.8. The fraction of sp³-hybridized carbons (Fsp3) is 0.412. The van der Waals surface area contributed by atoms with Crippen LogP contribution in [0.2, 0.25) is 5.02 Å². The van der Waals surface area contributed by atoms with Crippen molar-refractivity contribution < 1.29 is 4.79 Å². The van der Waals surface area contributed by atoms with E-state index >= 15 is 0 Å². The summed E-state index contributed by atoms with van der Waals surface area (Å²) in [5, 5.41) is 4.33. The summed E-state index contributed by atoms with van der Waals surface area (Å²) in [6, 6.07) is 7.86. The Morgan fingerprint density at radius 3 is 2.79 bits per heavy atom. The summed E-state index contributed by atoms with van der Waals surface area (Å²) < 4.78 is 0. The zero-order valence-corrected chi connectivity index (χ0v) is 15.8. The van der Waals surface area contributed by atoms with Gasteiger partial charge in [0.2, 0.25) is 5.91 Å². The minimum Gasteiger partial charge on any atom is -0.330 e. The molecule has 0 aliphatic heterocycles. The van der Waals surface area contributed by atoms with Gasteiger partial charge in [-0.25, -0.2) is 4.98 Å². The predicted octanol–water partition coefficient (Wildman–Crippen LogP) is 4.22. The SMILES string of the molecule is CC(CN)C(=O)Nc1nc(C2CC2)c(Cc2ccccc2Cl)s1.Cl. The molecule has 1 aliphatic carbocycles. The molecule has 1 saturated carbocycles. The number of thiazole rings is 1. The third kappa shape index (κ3) is 4.48. The van der Waals surface area contributed by atoms with Crippen molar-refractivity contribution in [2.24, 2.45) is 11.7 Å². The number of amides is 1. The molecule has 1 aromatic heterocycles. The Bertz CT molecular complexity index is 716. The number of halogens is 2. The van der Waals surface area contributed by atoms with Gasteiger partial charge in [0.15, 0.2) is 5.13 Å². The van der Waals surface area contributed by atoms with Gasteiger partial charge < -0.3 is 11.1 Å². The number of rotatable bonds is 6. The highest BCUT2D eigenvalue weighted by molar-refractivity contribution is 7.15. The van der Waals surface area contributed by atoms with Crippen LogP contribution in [0.4, 0.5) is 5.13 Å². The van der Waals surface area contributed by atoms with E-state index in [0.29, 0.717) is 17.6 Å². The molecule has 24 heavy (non-hydrogen) atoms. The Labute approximate surface area is 157 Å². The Morgan fingerprint density at radius 2 is 2.17 bits per heavy atom. The van der Waals surface area contributed by atoms with Crippen LogP contribution in [0, 0.1) is 5.92 Å². The molecule has 3 N–H and O–H groups in total. The van der Waals surface area contributed by atoms with Crippen LogP contribution in [0.1, 0.15) is 41.8 Å². The van der Waals surface area contributed by atoms with E-state index in [-0.39, 0.29) is 24.2 Å². The number of hydrogen-bond acceptors (Lipinski definition) is 4. The minimum absolute atomic E-state index is 0. The molecule has 2 aromatic rings. The average molecular weight is 386 g/mol. The summed E-state index contributed by atoms with van der Waals surface area (Å²) in [6.45, 7) is 2.15. The Kier molecular flexibility index (Phi) is 6.63. The zero-order chi connectivity index (χ0) is 16.4. The lowest BCUT2D eigenvalue weighted by Crippen LogP contribution is -2.26. The maximum absolute atomic E-state index is 12.0. The predicted molar refractivity (Wildman–Crippen MR) is 102 cm³/mol. The first kappa shape index (κ1) is 19.2. The maximum Gasteiger partial charge on any atom is 0.230 e. The molecule has 4 nitrogen and oxygen atoms in total.